The average molecular weight is 675 g/mol. The predicted molar refractivity (Wildman–Crippen MR) is 218 cm³/mol. The van der Waals surface area contributed by atoms with Crippen molar-refractivity contribution in [2.45, 2.75) is 17.8 Å². The molecule has 2 nitrogen and oxygen atoms in total. The van der Waals surface area contributed by atoms with Crippen LogP contribution in [0, 0.1) is 0 Å². The van der Waals surface area contributed by atoms with E-state index in [1.807, 2.05) is 0 Å². The summed E-state index contributed by atoms with van der Waals surface area (Å²) in [6, 6.07) is 61.9. The first-order chi connectivity index (χ1) is 26.3. The molecule has 7 aromatic carbocycles. The summed E-state index contributed by atoms with van der Waals surface area (Å²) in [5, 5.41) is 2.39. The smallest absolute Gasteiger partial charge is 0.160 e. The Labute approximate surface area is 309 Å². The van der Waals surface area contributed by atoms with Crippen LogP contribution in [0.3, 0.4) is 0 Å². The monoisotopic (exact) mass is 674 g/mol. The maximum atomic E-state index is 5.37. The fourth-order valence-corrected chi connectivity index (χ4v) is 9.20. The van der Waals surface area contributed by atoms with Crippen LogP contribution >= 0.6 is 0 Å². The lowest BCUT2D eigenvalue weighted by Crippen LogP contribution is -2.25. The highest BCUT2D eigenvalue weighted by Gasteiger charge is 2.51. The molecule has 2 heteroatoms. The predicted octanol–water partition coefficient (Wildman–Crippen LogP) is 12.4. The third-order valence-corrected chi connectivity index (χ3v) is 11.6. The molecule has 8 aromatic rings. The van der Waals surface area contributed by atoms with Gasteiger partial charge < -0.3 is 0 Å². The molecule has 3 aliphatic rings. The lowest BCUT2D eigenvalue weighted by molar-refractivity contribution is 0.793. The second-order valence-electron chi connectivity index (χ2n) is 14.4. The lowest BCUT2D eigenvalue weighted by atomic mass is 9.70. The Balaban J connectivity index is 1.10. The highest BCUT2D eigenvalue weighted by atomic mass is 14.9. The van der Waals surface area contributed by atoms with Crippen LogP contribution in [0.5, 0.6) is 0 Å². The molecule has 53 heavy (non-hydrogen) atoms. The molecule has 0 radical (unpaired) electrons. The summed E-state index contributed by atoms with van der Waals surface area (Å²) in [7, 11) is 0. The maximum Gasteiger partial charge on any atom is 0.160 e. The van der Waals surface area contributed by atoms with Crippen LogP contribution in [0.25, 0.3) is 61.2 Å². The number of fused-ring (bicyclic) bond motifs is 11. The van der Waals surface area contributed by atoms with Crippen LogP contribution in [0.15, 0.2) is 188 Å². The molecule has 0 N–H and O–H groups in total. The number of allylic oxidation sites excluding steroid dienone is 4. The molecule has 3 aliphatic carbocycles. The van der Waals surface area contributed by atoms with E-state index in [1.165, 1.54) is 66.4 Å². The van der Waals surface area contributed by atoms with Gasteiger partial charge in [0.1, 0.15) is 0 Å². The zero-order valence-corrected chi connectivity index (χ0v) is 29.1. The van der Waals surface area contributed by atoms with Crippen LogP contribution in [0.1, 0.15) is 45.8 Å². The molecule has 11 rings (SSSR count). The van der Waals surface area contributed by atoms with E-state index in [2.05, 4.69) is 188 Å². The molecular formula is C51H34N2. The zero-order chi connectivity index (χ0) is 34.9. The minimum atomic E-state index is -0.406. The first-order valence-electron chi connectivity index (χ1n) is 18.5. The number of hydrogen-bond donors (Lipinski definition) is 0. The van der Waals surface area contributed by atoms with E-state index in [0.717, 1.165) is 34.8 Å². The topological polar surface area (TPSA) is 25.8 Å². The molecule has 0 amide bonds. The van der Waals surface area contributed by atoms with Crippen molar-refractivity contribution < 1.29 is 0 Å². The third-order valence-electron chi connectivity index (χ3n) is 11.6. The number of aromatic nitrogens is 2. The van der Waals surface area contributed by atoms with Gasteiger partial charge >= 0.3 is 0 Å². The Morgan fingerprint density at radius 2 is 1.06 bits per heavy atom. The van der Waals surface area contributed by atoms with Crippen molar-refractivity contribution in [1.29, 1.82) is 0 Å². The highest BCUT2D eigenvalue weighted by molar-refractivity contribution is 5.96. The number of nitrogens with zero attached hydrogens (tertiary/aromatic N) is 2. The van der Waals surface area contributed by atoms with Gasteiger partial charge in [0.15, 0.2) is 5.82 Å². The number of rotatable bonds is 4. The molecule has 0 saturated carbocycles. The summed E-state index contributed by atoms with van der Waals surface area (Å²) in [6.07, 6.45) is 7.80. The Kier molecular flexibility index (Phi) is 6.63. The minimum Gasteiger partial charge on any atom is -0.232 e. The SMILES string of the molecule is C1=CC(c2cc(-c3ccc4c(c3)C3(c5ccccc5-c5ccccc53)c3ccccc3-4)nc(-c3ccc4ccccc4c3)n2)CC=C1c1ccccc1. The van der Waals surface area contributed by atoms with Crippen molar-refractivity contribution in [3.63, 3.8) is 0 Å². The Hall–Kier alpha value is -6.64. The molecule has 0 fully saturated rings. The van der Waals surface area contributed by atoms with E-state index in [9.17, 15) is 0 Å². The summed E-state index contributed by atoms with van der Waals surface area (Å²) in [4.78, 5) is 10.7. The van der Waals surface area contributed by atoms with Gasteiger partial charge in [0.25, 0.3) is 0 Å². The van der Waals surface area contributed by atoms with Crippen molar-refractivity contribution in [2.24, 2.45) is 0 Å². The van der Waals surface area contributed by atoms with E-state index in [4.69, 9.17) is 9.97 Å². The van der Waals surface area contributed by atoms with Crippen LogP contribution < -0.4 is 0 Å². The van der Waals surface area contributed by atoms with Crippen LogP contribution in [-0.2, 0) is 5.41 Å². The molecule has 1 atom stereocenters. The van der Waals surface area contributed by atoms with Gasteiger partial charge in [-0.05, 0) is 91.0 Å². The van der Waals surface area contributed by atoms with Crippen molar-refractivity contribution in [3.05, 3.63) is 222 Å². The van der Waals surface area contributed by atoms with Gasteiger partial charge in [-0.2, -0.15) is 0 Å². The Morgan fingerprint density at radius 3 is 1.74 bits per heavy atom. The standard InChI is InChI=1S/C51H34N2/c1-2-12-33(13-3-1)35-22-25-36(26-23-35)48-32-49(53-50(52-48)39-27-24-34-14-4-5-15-37(34)30-39)38-28-29-43-42-18-8-11-21-46(42)51(47(43)31-38)44-19-9-6-16-40(44)41-17-7-10-20-45(41)51/h1-25,27-32,36H,26H2. The van der Waals surface area contributed by atoms with Crippen molar-refractivity contribution in [3.8, 4) is 44.9 Å². The summed E-state index contributed by atoms with van der Waals surface area (Å²) < 4.78 is 0. The second kappa shape index (κ2) is 11.7. The van der Waals surface area contributed by atoms with Crippen LogP contribution in [0.2, 0.25) is 0 Å². The van der Waals surface area contributed by atoms with Gasteiger partial charge in [0.2, 0.25) is 0 Å². The lowest BCUT2D eigenvalue weighted by Gasteiger charge is -2.30. The highest BCUT2D eigenvalue weighted by Crippen LogP contribution is 2.63. The molecule has 0 saturated heterocycles. The molecule has 1 spiro atoms. The Morgan fingerprint density at radius 1 is 0.453 bits per heavy atom. The quantitative estimate of drug-likeness (QED) is 0.186. The molecule has 1 aromatic heterocycles. The maximum absolute atomic E-state index is 5.37. The second-order valence-corrected chi connectivity index (χ2v) is 14.4. The molecule has 1 heterocycles. The fourth-order valence-electron chi connectivity index (χ4n) is 9.20. The van der Waals surface area contributed by atoms with Gasteiger partial charge in [-0.1, -0.05) is 170 Å². The molecule has 0 aliphatic heterocycles. The van der Waals surface area contributed by atoms with Gasteiger partial charge in [-0.25, -0.2) is 9.97 Å². The van der Waals surface area contributed by atoms with Crippen LogP contribution in [-0.4, -0.2) is 9.97 Å². The number of benzene rings is 7. The molecule has 0 bridgehead atoms. The van der Waals surface area contributed by atoms with Crippen molar-refractivity contribution in [1.82, 2.24) is 9.97 Å². The molecule has 248 valence electrons. The van der Waals surface area contributed by atoms with E-state index in [0.29, 0.717) is 0 Å². The summed E-state index contributed by atoms with van der Waals surface area (Å²) in [5.74, 6) is 0.895. The number of hydrogen-bond acceptors (Lipinski definition) is 2. The molecular weight excluding hydrogens is 641 g/mol. The van der Waals surface area contributed by atoms with E-state index in [-0.39, 0.29) is 5.92 Å². The molecule has 1 unspecified atom stereocenters. The van der Waals surface area contributed by atoms with Crippen molar-refractivity contribution >= 4 is 16.3 Å². The largest absolute Gasteiger partial charge is 0.232 e. The van der Waals surface area contributed by atoms with Gasteiger partial charge in [-0.3, -0.25) is 0 Å². The van der Waals surface area contributed by atoms with Gasteiger partial charge in [-0.15, -0.1) is 0 Å². The summed E-state index contributed by atoms with van der Waals surface area (Å²) >= 11 is 0. The van der Waals surface area contributed by atoms with E-state index in [1.54, 1.807) is 0 Å². The van der Waals surface area contributed by atoms with Crippen molar-refractivity contribution in [2.75, 3.05) is 0 Å². The zero-order valence-electron chi connectivity index (χ0n) is 29.1. The van der Waals surface area contributed by atoms with Crippen LogP contribution in [0.4, 0.5) is 0 Å². The minimum absolute atomic E-state index is 0.141. The first-order valence-corrected chi connectivity index (χ1v) is 18.5. The first kappa shape index (κ1) is 30.0. The third kappa shape index (κ3) is 4.52. The van der Waals surface area contributed by atoms with E-state index < -0.39 is 5.41 Å². The van der Waals surface area contributed by atoms with Gasteiger partial charge in [0.05, 0.1) is 16.8 Å². The van der Waals surface area contributed by atoms with E-state index >= 15 is 0 Å². The summed E-state index contributed by atoms with van der Waals surface area (Å²) in [5.41, 5.74) is 16.8. The summed E-state index contributed by atoms with van der Waals surface area (Å²) in [6.45, 7) is 0. The fraction of sp³-hybridized carbons (Fsp3) is 0.0588. The Bertz CT molecular complexity index is 2760. The van der Waals surface area contributed by atoms with Gasteiger partial charge in [0, 0.05) is 17.0 Å². The average Bonchev–Trinajstić information content (AvgIpc) is 3.71. The normalized spacial score (nSPS) is 15.8.